The summed E-state index contributed by atoms with van der Waals surface area (Å²) in [5.74, 6) is 0.814. The Morgan fingerprint density at radius 2 is 2.12 bits per heavy atom. The Morgan fingerprint density at radius 3 is 2.71 bits per heavy atom. The third kappa shape index (κ3) is 1.84. The van der Waals surface area contributed by atoms with Gasteiger partial charge in [0.05, 0.1) is 6.20 Å². The monoisotopic (exact) mass is 254 g/mol. The molecule has 1 amide bonds. The fourth-order valence-electron chi connectivity index (χ4n) is 2.16. The number of carbonyl (C=O) groups excluding carboxylic acids is 1. The molecule has 0 fully saturated rings. The molecule has 92 valence electrons. The standard InChI is InChI=1S/C11H15ClN4O/c1-4-15-7(3)10(17)16(5-2)8-6-13-11(12)14-9(8)15/h6-7H,4-5H2,1-3H3/t7-/m0/s1. The van der Waals surface area contributed by atoms with Crippen LogP contribution in [0, 0.1) is 0 Å². The summed E-state index contributed by atoms with van der Waals surface area (Å²) >= 11 is 5.82. The first kappa shape index (κ1) is 12.1. The number of halogens is 1. The average Bonchev–Trinajstić information content (AvgIpc) is 2.32. The van der Waals surface area contributed by atoms with Crippen LogP contribution in [0.15, 0.2) is 6.20 Å². The minimum absolute atomic E-state index is 0.0766. The summed E-state index contributed by atoms with van der Waals surface area (Å²) in [4.78, 5) is 24.0. The molecule has 1 aromatic rings. The van der Waals surface area contributed by atoms with Gasteiger partial charge in [-0.25, -0.2) is 4.98 Å². The summed E-state index contributed by atoms with van der Waals surface area (Å²) in [7, 11) is 0. The van der Waals surface area contributed by atoms with Crippen molar-refractivity contribution in [2.45, 2.75) is 26.8 Å². The number of amides is 1. The minimum Gasteiger partial charge on any atom is -0.343 e. The highest BCUT2D eigenvalue weighted by Gasteiger charge is 2.35. The average molecular weight is 255 g/mol. The first-order valence-corrected chi connectivity index (χ1v) is 6.08. The van der Waals surface area contributed by atoms with Crippen LogP contribution in [0.1, 0.15) is 20.8 Å². The summed E-state index contributed by atoms with van der Waals surface area (Å²) in [6.07, 6.45) is 1.61. The van der Waals surface area contributed by atoms with E-state index in [2.05, 4.69) is 9.97 Å². The third-order valence-corrected chi connectivity index (χ3v) is 3.21. The zero-order chi connectivity index (χ0) is 12.6. The number of hydrogen-bond donors (Lipinski definition) is 0. The van der Waals surface area contributed by atoms with Gasteiger partial charge in [-0.15, -0.1) is 0 Å². The number of nitrogens with zero attached hydrogens (tertiary/aromatic N) is 4. The summed E-state index contributed by atoms with van der Waals surface area (Å²) in [6.45, 7) is 7.13. The Labute approximate surface area is 105 Å². The maximum Gasteiger partial charge on any atom is 0.249 e. The second-order valence-corrected chi connectivity index (χ2v) is 4.23. The van der Waals surface area contributed by atoms with Gasteiger partial charge in [-0.2, -0.15) is 4.98 Å². The summed E-state index contributed by atoms with van der Waals surface area (Å²) in [6, 6.07) is -0.210. The largest absolute Gasteiger partial charge is 0.343 e. The van der Waals surface area contributed by atoms with Crippen molar-refractivity contribution >= 4 is 29.0 Å². The zero-order valence-electron chi connectivity index (χ0n) is 10.1. The molecule has 0 N–H and O–H groups in total. The molecule has 1 aromatic heterocycles. The van der Waals surface area contributed by atoms with Gasteiger partial charge < -0.3 is 9.80 Å². The molecular weight excluding hydrogens is 240 g/mol. The third-order valence-electron chi connectivity index (χ3n) is 3.03. The maximum absolute atomic E-state index is 12.2. The second-order valence-electron chi connectivity index (χ2n) is 3.89. The molecule has 0 saturated heterocycles. The summed E-state index contributed by atoms with van der Waals surface area (Å²) in [5.41, 5.74) is 0.738. The Hall–Kier alpha value is -1.36. The number of anilines is 2. The lowest BCUT2D eigenvalue weighted by Crippen LogP contribution is -2.52. The molecule has 0 spiro atoms. The van der Waals surface area contributed by atoms with Crippen LogP contribution in [0.25, 0.3) is 0 Å². The van der Waals surface area contributed by atoms with Crippen molar-refractivity contribution < 1.29 is 4.79 Å². The van der Waals surface area contributed by atoms with Gasteiger partial charge in [0.15, 0.2) is 5.82 Å². The molecule has 0 bridgehead atoms. The normalized spacial score (nSPS) is 19.5. The van der Waals surface area contributed by atoms with Crippen LogP contribution in [-0.4, -0.2) is 35.0 Å². The van der Waals surface area contributed by atoms with Crippen molar-refractivity contribution in [2.75, 3.05) is 22.9 Å². The molecule has 2 rings (SSSR count). The Bertz CT molecular complexity index is 451. The van der Waals surface area contributed by atoms with E-state index in [1.165, 1.54) is 0 Å². The van der Waals surface area contributed by atoms with E-state index in [0.29, 0.717) is 13.1 Å². The zero-order valence-corrected chi connectivity index (χ0v) is 10.9. The van der Waals surface area contributed by atoms with Crippen molar-refractivity contribution in [3.8, 4) is 0 Å². The van der Waals surface area contributed by atoms with Crippen LogP contribution in [0.3, 0.4) is 0 Å². The fraction of sp³-hybridized carbons (Fsp3) is 0.545. The topological polar surface area (TPSA) is 49.3 Å². The van der Waals surface area contributed by atoms with Gasteiger partial charge in [0.25, 0.3) is 0 Å². The molecule has 6 heteroatoms. The summed E-state index contributed by atoms with van der Waals surface area (Å²) in [5, 5.41) is 0.208. The Kier molecular flexibility index (Phi) is 3.19. The van der Waals surface area contributed by atoms with Gasteiger partial charge in [-0.1, -0.05) is 0 Å². The molecule has 5 nitrogen and oxygen atoms in total. The van der Waals surface area contributed by atoms with Crippen LogP contribution in [0.5, 0.6) is 0 Å². The van der Waals surface area contributed by atoms with Gasteiger partial charge in [-0.05, 0) is 32.4 Å². The molecule has 1 atom stereocenters. The first-order chi connectivity index (χ1) is 8.10. The van der Waals surface area contributed by atoms with Crippen LogP contribution in [0.2, 0.25) is 5.28 Å². The second kappa shape index (κ2) is 4.49. The first-order valence-electron chi connectivity index (χ1n) is 5.70. The highest BCUT2D eigenvalue weighted by molar-refractivity contribution is 6.28. The van der Waals surface area contributed by atoms with Gasteiger partial charge in [0.1, 0.15) is 11.7 Å². The highest BCUT2D eigenvalue weighted by Crippen LogP contribution is 2.33. The lowest BCUT2D eigenvalue weighted by molar-refractivity contribution is -0.119. The minimum atomic E-state index is -0.210. The van der Waals surface area contributed by atoms with Crippen LogP contribution in [0.4, 0.5) is 11.5 Å². The number of carbonyl (C=O) groups is 1. The van der Waals surface area contributed by atoms with Crippen molar-refractivity contribution in [3.63, 3.8) is 0 Å². The van der Waals surface area contributed by atoms with Crippen LogP contribution >= 0.6 is 11.6 Å². The van der Waals surface area contributed by atoms with E-state index in [1.807, 2.05) is 25.7 Å². The number of likely N-dealkylation sites (N-methyl/N-ethyl adjacent to an activating group) is 2. The van der Waals surface area contributed by atoms with E-state index in [0.717, 1.165) is 11.5 Å². The molecule has 0 radical (unpaired) electrons. The maximum atomic E-state index is 12.2. The fourth-order valence-corrected chi connectivity index (χ4v) is 2.29. The molecule has 1 aliphatic heterocycles. The predicted octanol–water partition coefficient (Wildman–Crippen LogP) is 1.71. The lowest BCUT2D eigenvalue weighted by atomic mass is 10.1. The SMILES string of the molecule is CCN1C(=O)[C@H](C)N(CC)c2nc(Cl)ncc21. The molecule has 0 saturated carbocycles. The van der Waals surface area contributed by atoms with E-state index in [1.54, 1.807) is 11.1 Å². The Morgan fingerprint density at radius 1 is 1.41 bits per heavy atom. The van der Waals surface area contributed by atoms with Crippen LogP contribution in [-0.2, 0) is 4.79 Å². The van der Waals surface area contributed by atoms with Gasteiger partial charge >= 0.3 is 0 Å². The van der Waals surface area contributed by atoms with E-state index < -0.39 is 0 Å². The van der Waals surface area contributed by atoms with E-state index in [-0.39, 0.29) is 17.2 Å². The van der Waals surface area contributed by atoms with E-state index in [4.69, 9.17) is 11.6 Å². The molecule has 0 unspecified atom stereocenters. The summed E-state index contributed by atoms with van der Waals surface area (Å²) < 4.78 is 0. The van der Waals surface area contributed by atoms with Gasteiger partial charge in [-0.3, -0.25) is 4.79 Å². The highest BCUT2D eigenvalue weighted by atomic mass is 35.5. The molecule has 17 heavy (non-hydrogen) atoms. The van der Waals surface area contributed by atoms with Crippen molar-refractivity contribution in [2.24, 2.45) is 0 Å². The number of rotatable bonds is 2. The predicted molar refractivity (Wildman–Crippen MR) is 67.6 cm³/mol. The molecular formula is C11H15ClN4O. The number of aromatic nitrogens is 2. The van der Waals surface area contributed by atoms with Crippen molar-refractivity contribution in [1.82, 2.24) is 9.97 Å². The van der Waals surface area contributed by atoms with Gasteiger partial charge in [0.2, 0.25) is 11.2 Å². The lowest BCUT2D eigenvalue weighted by Gasteiger charge is -2.39. The molecule has 0 aromatic carbocycles. The van der Waals surface area contributed by atoms with E-state index in [9.17, 15) is 4.79 Å². The molecule has 2 heterocycles. The Balaban J connectivity index is 2.58. The smallest absolute Gasteiger partial charge is 0.249 e. The van der Waals surface area contributed by atoms with Crippen molar-refractivity contribution in [1.29, 1.82) is 0 Å². The van der Waals surface area contributed by atoms with E-state index >= 15 is 0 Å². The number of fused-ring (bicyclic) bond motifs is 1. The number of hydrogen-bond acceptors (Lipinski definition) is 4. The van der Waals surface area contributed by atoms with Crippen molar-refractivity contribution in [3.05, 3.63) is 11.5 Å². The van der Waals surface area contributed by atoms with Crippen LogP contribution < -0.4 is 9.80 Å². The quantitative estimate of drug-likeness (QED) is 0.754. The van der Waals surface area contributed by atoms with Gasteiger partial charge in [0, 0.05) is 13.1 Å². The molecule has 1 aliphatic rings. The molecule has 0 aliphatic carbocycles.